The van der Waals surface area contributed by atoms with Crippen molar-refractivity contribution < 1.29 is 9.31 Å². The number of pyridine rings is 1. The first-order valence-corrected chi connectivity index (χ1v) is 5.82. The number of nitrogens with one attached hydrogen (secondary N) is 1. The van der Waals surface area contributed by atoms with Crippen LogP contribution in [0.2, 0.25) is 0 Å². The van der Waals surface area contributed by atoms with Crippen molar-refractivity contribution in [1.82, 2.24) is 4.98 Å². The molecule has 2 heterocycles. The van der Waals surface area contributed by atoms with Gasteiger partial charge in [0, 0.05) is 17.7 Å². The largest absolute Gasteiger partial charge is 0.500 e. The summed E-state index contributed by atoms with van der Waals surface area (Å²) in [7, 11) is -0.662. The van der Waals surface area contributed by atoms with Crippen LogP contribution in [-0.4, -0.2) is 23.3 Å². The Labute approximate surface area is 107 Å². The third-order valence-electron chi connectivity index (χ3n) is 3.61. The molecule has 1 N–H and O–H groups in total. The standard InChI is InChI=1S/C13H16BNO3/c1-6-9-7-11(16)10(8-15-9)14-17-12(2,3)13(4,5)18-14/h1,7-8H,2-5H3,(H,15,16). The lowest BCUT2D eigenvalue weighted by Gasteiger charge is -2.32. The van der Waals surface area contributed by atoms with E-state index in [0.29, 0.717) is 11.2 Å². The van der Waals surface area contributed by atoms with E-state index in [1.54, 1.807) is 6.20 Å². The Bertz CT molecular complexity index is 552. The van der Waals surface area contributed by atoms with Crippen LogP contribution in [0.5, 0.6) is 0 Å². The summed E-state index contributed by atoms with van der Waals surface area (Å²) in [6.07, 6.45) is 6.78. The first kappa shape index (κ1) is 12.9. The zero-order chi connectivity index (χ0) is 13.6. The van der Waals surface area contributed by atoms with Crippen molar-refractivity contribution in [3.63, 3.8) is 0 Å². The van der Waals surface area contributed by atoms with Crippen LogP contribution in [0.25, 0.3) is 0 Å². The van der Waals surface area contributed by atoms with Crippen LogP contribution in [0.15, 0.2) is 17.1 Å². The minimum Gasteiger partial charge on any atom is -0.399 e. The molecule has 1 aliphatic rings. The minimum absolute atomic E-state index is 0.180. The van der Waals surface area contributed by atoms with E-state index >= 15 is 0 Å². The van der Waals surface area contributed by atoms with Gasteiger partial charge in [0.15, 0.2) is 5.43 Å². The monoisotopic (exact) mass is 245 g/mol. The van der Waals surface area contributed by atoms with Gasteiger partial charge in [0.2, 0.25) is 0 Å². The van der Waals surface area contributed by atoms with Gasteiger partial charge in [-0.2, -0.15) is 0 Å². The number of terminal acetylenes is 1. The lowest BCUT2D eigenvalue weighted by atomic mass is 9.80. The highest BCUT2D eigenvalue weighted by atomic mass is 16.7. The summed E-state index contributed by atoms with van der Waals surface area (Å²) in [5.41, 5.74) is -0.225. The molecule has 0 aliphatic carbocycles. The first-order valence-electron chi connectivity index (χ1n) is 5.82. The van der Waals surface area contributed by atoms with Gasteiger partial charge in [0.05, 0.1) is 16.9 Å². The van der Waals surface area contributed by atoms with E-state index in [4.69, 9.17) is 15.7 Å². The van der Waals surface area contributed by atoms with Crippen LogP contribution in [0, 0.1) is 12.3 Å². The predicted molar refractivity (Wildman–Crippen MR) is 70.7 cm³/mol. The second kappa shape index (κ2) is 4.01. The molecule has 1 fully saturated rings. The third kappa shape index (κ3) is 1.98. The molecule has 1 aliphatic heterocycles. The maximum absolute atomic E-state index is 11.9. The van der Waals surface area contributed by atoms with Gasteiger partial charge in [-0.05, 0) is 27.7 Å². The molecule has 2 rings (SSSR count). The first-order chi connectivity index (χ1) is 8.27. The number of rotatable bonds is 1. The van der Waals surface area contributed by atoms with Gasteiger partial charge in [-0.1, -0.05) is 5.92 Å². The fourth-order valence-corrected chi connectivity index (χ4v) is 1.72. The van der Waals surface area contributed by atoms with E-state index in [2.05, 4.69) is 10.9 Å². The van der Waals surface area contributed by atoms with E-state index in [0.717, 1.165) is 0 Å². The lowest BCUT2D eigenvalue weighted by Crippen LogP contribution is -2.43. The molecule has 94 valence electrons. The van der Waals surface area contributed by atoms with Crippen LogP contribution in [0.1, 0.15) is 33.4 Å². The molecule has 4 nitrogen and oxygen atoms in total. The zero-order valence-corrected chi connectivity index (χ0v) is 11.0. The number of aromatic nitrogens is 1. The Morgan fingerprint density at radius 1 is 1.28 bits per heavy atom. The molecule has 0 spiro atoms. The quantitative estimate of drug-likeness (QED) is 0.584. The highest BCUT2D eigenvalue weighted by Gasteiger charge is 2.52. The molecule has 5 heteroatoms. The van der Waals surface area contributed by atoms with Gasteiger partial charge < -0.3 is 14.3 Å². The summed E-state index contributed by atoms with van der Waals surface area (Å²) in [6, 6.07) is 1.38. The molecule has 0 bridgehead atoms. The van der Waals surface area contributed by atoms with Crippen molar-refractivity contribution in [3.05, 3.63) is 28.2 Å². The Hall–Kier alpha value is -1.51. The average Bonchev–Trinajstić information content (AvgIpc) is 2.47. The molecule has 1 aromatic heterocycles. The molecule has 0 radical (unpaired) electrons. The summed E-state index contributed by atoms with van der Waals surface area (Å²) >= 11 is 0. The summed E-state index contributed by atoms with van der Waals surface area (Å²) < 4.78 is 11.6. The van der Waals surface area contributed by atoms with Gasteiger partial charge in [-0.15, -0.1) is 6.42 Å². The van der Waals surface area contributed by atoms with Crippen molar-refractivity contribution in [3.8, 4) is 12.3 Å². The second-order valence-corrected chi connectivity index (χ2v) is 5.40. The van der Waals surface area contributed by atoms with Crippen LogP contribution < -0.4 is 10.9 Å². The Kier molecular flexibility index (Phi) is 2.88. The second-order valence-electron chi connectivity index (χ2n) is 5.40. The molecule has 18 heavy (non-hydrogen) atoms. The normalized spacial score (nSPS) is 20.7. The van der Waals surface area contributed by atoms with Crippen LogP contribution in [0.3, 0.4) is 0 Å². The Morgan fingerprint density at radius 3 is 2.28 bits per heavy atom. The topological polar surface area (TPSA) is 51.3 Å². The highest BCUT2D eigenvalue weighted by molar-refractivity contribution is 6.61. The van der Waals surface area contributed by atoms with Gasteiger partial charge >= 0.3 is 7.12 Å². The van der Waals surface area contributed by atoms with Crippen LogP contribution in [0.4, 0.5) is 0 Å². The van der Waals surface area contributed by atoms with Crippen molar-refractivity contribution in [2.45, 2.75) is 38.9 Å². The minimum atomic E-state index is -0.662. The summed E-state index contributed by atoms with van der Waals surface area (Å²) in [5.74, 6) is 2.38. The summed E-state index contributed by atoms with van der Waals surface area (Å²) in [4.78, 5) is 14.8. The molecular formula is C13H16BNO3. The van der Waals surface area contributed by atoms with E-state index < -0.39 is 18.3 Å². The molecule has 0 amide bonds. The van der Waals surface area contributed by atoms with Crippen molar-refractivity contribution in [2.24, 2.45) is 0 Å². The van der Waals surface area contributed by atoms with E-state index in [1.165, 1.54) is 6.07 Å². The molecule has 0 aromatic carbocycles. The Morgan fingerprint density at radius 2 is 1.83 bits per heavy atom. The molecule has 1 aromatic rings. The number of hydrogen-bond donors (Lipinski definition) is 1. The maximum atomic E-state index is 11.9. The van der Waals surface area contributed by atoms with Crippen molar-refractivity contribution >= 4 is 12.6 Å². The van der Waals surface area contributed by atoms with E-state index in [9.17, 15) is 4.79 Å². The zero-order valence-electron chi connectivity index (χ0n) is 11.0. The highest BCUT2D eigenvalue weighted by Crippen LogP contribution is 2.36. The summed E-state index contributed by atoms with van der Waals surface area (Å²) in [6.45, 7) is 7.77. The molecule has 0 saturated carbocycles. The van der Waals surface area contributed by atoms with Crippen molar-refractivity contribution in [1.29, 1.82) is 0 Å². The molecule has 0 atom stereocenters. The van der Waals surface area contributed by atoms with Gasteiger partial charge in [0.25, 0.3) is 0 Å². The fourth-order valence-electron chi connectivity index (χ4n) is 1.72. The molecule has 1 saturated heterocycles. The SMILES string of the molecule is C#Cc1cc(=O)c(B2OC(C)(C)C(C)(C)O2)c[nH]1. The van der Waals surface area contributed by atoms with E-state index in [1.807, 2.05) is 27.7 Å². The van der Waals surface area contributed by atoms with Gasteiger partial charge in [-0.3, -0.25) is 4.79 Å². The van der Waals surface area contributed by atoms with E-state index in [-0.39, 0.29) is 5.43 Å². The molecule has 0 unspecified atom stereocenters. The average molecular weight is 245 g/mol. The fraction of sp³-hybridized carbons (Fsp3) is 0.462. The lowest BCUT2D eigenvalue weighted by molar-refractivity contribution is 0.00578. The van der Waals surface area contributed by atoms with Crippen LogP contribution >= 0.6 is 0 Å². The van der Waals surface area contributed by atoms with Gasteiger partial charge in [-0.25, -0.2) is 0 Å². The van der Waals surface area contributed by atoms with Gasteiger partial charge in [0.1, 0.15) is 0 Å². The van der Waals surface area contributed by atoms with Crippen LogP contribution in [-0.2, 0) is 9.31 Å². The van der Waals surface area contributed by atoms with Crippen molar-refractivity contribution in [2.75, 3.05) is 0 Å². The maximum Gasteiger partial charge on any atom is 0.500 e. The smallest absolute Gasteiger partial charge is 0.399 e. The summed E-state index contributed by atoms with van der Waals surface area (Å²) in [5, 5.41) is 0. The third-order valence-corrected chi connectivity index (χ3v) is 3.61. The predicted octanol–water partition coefficient (Wildman–Crippen LogP) is 0.655. The number of aromatic amines is 1. The number of H-pyrrole nitrogens is 1. The Balaban J connectivity index is 2.37. The molecular weight excluding hydrogens is 229 g/mol. The number of hydrogen-bond acceptors (Lipinski definition) is 3.